The number of amides is 1. The molecular weight excluding hydrogens is 328 g/mol. The maximum absolute atomic E-state index is 12.4. The van der Waals surface area contributed by atoms with Gasteiger partial charge < -0.3 is 15.2 Å². The Balaban J connectivity index is 1.76. The maximum Gasteiger partial charge on any atom is 0.225 e. The zero-order chi connectivity index (χ0) is 18.4. The quantitative estimate of drug-likeness (QED) is 0.808. The molecule has 0 saturated carbocycles. The van der Waals surface area contributed by atoms with Crippen molar-refractivity contribution in [2.75, 3.05) is 25.0 Å². The van der Waals surface area contributed by atoms with Crippen LogP contribution in [-0.2, 0) is 4.79 Å². The highest BCUT2D eigenvalue weighted by molar-refractivity contribution is 6.04. The molecule has 0 atom stereocenters. The molecule has 2 aromatic heterocycles. The predicted octanol–water partition coefficient (Wildman–Crippen LogP) is 2.81. The van der Waals surface area contributed by atoms with Crippen LogP contribution in [0.3, 0.4) is 0 Å². The average Bonchev–Trinajstić information content (AvgIpc) is 3.09. The van der Waals surface area contributed by atoms with Crippen LogP contribution in [-0.4, -0.2) is 40.4 Å². The predicted molar refractivity (Wildman–Crippen MR) is 98.8 cm³/mol. The molecule has 0 aliphatic carbocycles. The number of piperidine rings is 1. The number of nitriles is 2. The summed E-state index contributed by atoms with van der Waals surface area (Å²) in [5.74, 6) is -0.0556. The zero-order valence-electron chi connectivity index (χ0n) is 14.5. The molecule has 0 radical (unpaired) electrons. The Morgan fingerprint density at radius 2 is 2.08 bits per heavy atom. The van der Waals surface area contributed by atoms with Gasteiger partial charge in [-0.1, -0.05) is 6.42 Å². The van der Waals surface area contributed by atoms with Gasteiger partial charge >= 0.3 is 0 Å². The first-order valence-corrected chi connectivity index (χ1v) is 8.71. The number of aromatic amines is 1. The van der Waals surface area contributed by atoms with E-state index in [9.17, 15) is 4.79 Å². The largest absolute Gasteiger partial charge is 0.345 e. The zero-order valence-corrected chi connectivity index (χ0v) is 14.5. The second-order valence-corrected chi connectivity index (χ2v) is 6.31. The number of pyridine rings is 1. The number of aromatic nitrogens is 2. The Kier molecular flexibility index (Phi) is 5.62. The van der Waals surface area contributed by atoms with Crippen LogP contribution in [0.4, 0.5) is 5.69 Å². The number of likely N-dealkylation sites (tertiary alicyclic amines) is 1. The lowest BCUT2D eigenvalue weighted by atomic mass is 10.1. The molecule has 0 unspecified atom stereocenters. The van der Waals surface area contributed by atoms with Crippen molar-refractivity contribution >= 4 is 28.7 Å². The SMILES string of the molecule is N#CC(C#N)=Cc1c[nH]c2nccc(NC(=O)CCN3CCCCC3)c12. The number of rotatable bonds is 5. The number of H-pyrrole nitrogens is 1. The van der Waals surface area contributed by atoms with Crippen molar-refractivity contribution in [2.24, 2.45) is 0 Å². The Morgan fingerprint density at radius 3 is 2.81 bits per heavy atom. The van der Waals surface area contributed by atoms with Crippen LogP contribution in [0.15, 0.2) is 24.0 Å². The first-order chi connectivity index (χ1) is 12.7. The molecule has 7 heteroatoms. The van der Waals surface area contributed by atoms with Crippen LogP contribution < -0.4 is 5.32 Å². The molecule has 1 fully saturated rings. The van der Waals surface area contributed by atoms with Gasteiger partial charge in [-0.05, 0) is 38.1 Å². The van der Waals surface area contributed by atoms with Crippen molar-refractivity contribution in [3.63, 3.8) is 0 Å². The first-order valence-electron chi connectivity index (χ1n) is 8.71. The second-order valence-electron chi connectivity index (χ2n) is 6.31. The number of hydrogen-bond donors (Lipinski definition) is 2. The van der Waals surface area contributed by atoms with Gasteiger partial charge in [0.15, 0.2) is 0 Å². The molecule has 3 heterocycles. The van der Waals surface area contributed by atoms with Crippen LogP contribution in [0, 0.1) is 22.7 Å². The van der Waals surface area contributed by atoms with E-state index in [2.05, 4.69) is 20.2 Å². The average molecular weight is 348 g/mol. The van der Waals surface area contributed by atoms with E-state index < -0.39 is 0 Å². The number of nitrogens with zero attached hydrogens (tertiary/aromatic N) is 4. The van der Waals surface area contributed by atoms with E-state index in [-0.39, 0.29) is 11.5 Å². The molecule has 0 spiro atoms. The Morgan fingerprint density at radius 1 is 1.31 bits per heavy atom. The van der Waals surface area contributed by atoms with Crippen molar-refractivity contribution in [2.45, 2.75) is 25.7 Å². The lowest BCUT2D eigenvalue weighted by Crippen LogP contribution is -2.32. The first kappa shape index (κ1) is 17.7. The molecule has 0 aromatic carbocycles. The van der Waals surface area contributed by atoms with Gasteiger partial charge in [0.05, 0.1) is 5.69 Å². The summed E-state index contributed by atoms with van der Waals surface area (Å²) in [5.41, 5.74) is 1.87. The molecule has 1 amide bonds. The molecule has 1 aliphatic heterocycles. The van der Waals surface area contributed by atoms with Gasteiger partial charge in [0, 0.05) is 36.3 Å². The van der Waals surface area contributed by atoms with Crippen molar-refractivity contribution in [1.29, 1.82) is 10.5 Å². The van der Waals surface area contributed by atoms with Crippen LogP contribution in [0.2, 0.25) is 0 Å². The molecule has 2 N–H and O–H groups in total. The van der Waals surface area contributed by atoms with Crippen molar-refractivity contribution in [3.8, 4) is 12.1 Å². The summed E-state index contributed by atoms with van der Waals surface area (Å²) >= 11 is 0. The minimum atomic E-state index is -0.0556. The van der Waals surface area contributed by atoms with E-state index >= 15 is 0 Å². The third-order valence-corrected chi connectivity index (χ3v) is 4.52. The molecule has 3 rings (SSSR count). The summed E-state index contributed by atoms with van der Waals surface area (Å²) in [6.45, 7) is 2.88. The summed E-state index contributed by atoms with van der Waals surface area (Å²) in [6, 6.07) is 5.42. The molecule has 132 valence electrons. The van der Waals surface area contributed by atoms with Gasteiger partial charge in [0.1, 0.15) is 23.4 Å². The summed E-state index contributed by atoms with van der Waals surface area (Å²) in [7, 11) is 0. The van der Waals surface area contributed by atoms with Gasteiger partial charge in [-0.2, -0.15) is 10.5 Å². The molecule has 1 saturated heterocycles. The summed E-state index contributed by atoms with van der Waals surface area (Å²) in [6.07, 6.45) is 8.88. The monoisotopic (exact) mass is 348 g/mol. The number of allylic oxidation sites excluding steroid dienone is 1. The molecule has 2 aromatic rings. The normalized spacial score (nSPS) is 14.4. The van der Waals surface area contributed by atoms with E-state index in [1.807, 2.05) is 12.1 Å². The van der Waals surface area contributed by atoms with Gasteiger partial charge in [0.2, 0.25) is 5.91 Å². The van der Waals surface area contributed by atoms with E-state index in [0.717, 1.165) is 19.6 Å². The highest BCUT2D eigenvalue weighted by Crippen LogP contribution is 2.27. The number of fused-ring (bicyclic) bond motifs is 1. The molecular formula is C19H20N6O. The highest BCUT2D eigenvalue weighted by atomic mass is 16.1. The van der Waals surface area contributed by atoms with Gasteiger partial charge in [0.25, 0.3) is 0 Å². The summed E-state index contributed by atoms with van der Waals surface area (Å²) < 4.78 is 0. The van der Waals surface area contributed by atoms with Gasteiger partial charge in [-0.25, -0.2) is 4.98 Å². The lowest BCUT2D eigenvalue weighted by molar-refractivity contribution is -0.116. The van der Waals surface area contributed by atoms with Crippen molar-refractivity contribution in [3.05, 3.63) is 29.6 Å². The Bertz CT molecular complexity index is 892. The lowest BCUT2D eigenvalue weighted by Gasteiger charge is -2.25. The minimum Gasteiger partial charge on any atom is -0.345 e. The van der Waals surface area contributed by atoms with E-state index in [1.54, 1.807) is 18.5 Å². The fraction of sp³-hybridized carbons (Fsp3) is 0.368. The third kappa shape index (κ3) is 4.08. The third-order valence-electron chi connectivity index (χ3n) is 4.52. The van der Waals surface area contributed by atoms with Crippen LogP contribution in [0.5, 0.6) is 0 Å². The van der Waals surface area contributed by atoms with Gasteiger partial charge in [-0.3, -0.25) is 4.79 Å². The number of carbonyl (C=O) groups is 1. The standard InChI is InChI=1S/C19H20N6O/c20-11-14(12-21)10-15-13-23-19-18(15)16(4-6-22-19)24-17(26)5-9-25-7-2-1-3-8-25/h4,6,10,13H,1-3,5,7-9H2,(H2,22,23,24,26). The number of carbonyl (C=O) groups excluding carboxylic acids is 1. The minimum absolute atomic E-state index is 0.00266. The molecule has 1 aliphatic rings. The van der Waals surface area contributed by atoms with Crippen LogP contribution >= 0.6 is 0 Å². The van der Waals surface area contributed by atoms with Crippen LogP contribution in [0.25, 0.3) is 17.1 Å². The van der Waals surface area contributed by atoms with E-state index in [1.165, 1.54) is 25.3 Å². The van der Waals surface area contributed by atoms with Crippen molar-refractivity contribution in [1.82, 2.24) is 14.9 Å². The van der Waals surface area contributed by atoms with Crippen molar-refractivity contribution < 1.29 is 4.79 Å². The maximum atomic E-state index is 12.4. The number of nitrogens with one attached hydrogen (secondary N) is 2. The fourth-order valence-electron chi connectivity index (χ4n) is 3.20. The number of hydrogen-bond acceptors (Lipinski definition) is 5. The highest BCUT2D eigenvalue weighted by Gasteiger charge is 2.14. The Hall–Kier alpha value is -3.16. The second kappa shape index (κ2) is 8.28. The van der Waals surface area contributed by atoms with E-state index in [4.69, 9.17) is 10.5 Å². The summed E-state index contributed by atoms with van der Waals surface area (Å²) in [4.78, 5) is 21.9. The van der Waals surface area contributed by atoms with Crippen LogP contribution in [0.1, 0.15) is 31.2 Å². The molecule has 26 heavy (non-hydrogen) atoms. The molecule has 0 bridgehead atoms. The van der Waals surface area contributed by atoms with E-state index in [0.29, 0.717) is 28.7 Å². The number of anilines is 1. The molecule has 7 nitrogen and oxygen atoms in total. The fourth-order valence-corrected chi connectivity index (χ4v) is 3.20. The topological polar surface area (TPSA) is 109 Å². The smallest absolute Gasteiger partial charge is 0.225 e. The van der Waals surface area contributed by atoms with Gasteiger partial charge in [-0.15, -0.1) is 0 Å². The Labute approximate surface area is 151 Å². The summed E-state index contributed by atoms with van der Waals surface area (Å²) in [5, 5.41) is 21.6.